The molecule has 2 N–H and O–H groups in total. The maximum Gasteiger partial charge on any atom is 0.242 e. The SMILES string of the molecule is COc1ccc(CNC(=O)[C@@H](C)N(Cc2ccc(OC)cc2)C(=O)CCc2ccc(S(=O)(=O)NC3CC3)cc2)cc1. The van der Waals surface area contributed by atoms with E-state index >= 15 is 0 Å². The van der Waals surface area contributed by atoms with Crippen molar-refractivity contribution in [3.05, 3.63) is 89.5 Å². The summed E-state index contributed by atoms with van der Waals surface area (Å²) in [5.41, 5.74) is 2.62. The van der Waals surface area contributed by atoms with Crippen LogP contribution in [-0.2, 0) is 39.1 Å². The Morgan fingerprint density at radius 1 is 0.854 bits per heavy atom. The molecule has 1 aliphatic rings. The van der Waals surface area contributed by atoms with E-state index in [4.69, 9.17) is 9.47 Å². The van der Waals surface area contributed by atoms with Gasteiger partial charge in [0.25, 0.3) is 0 Å². The van der Waals surface area contributed by atoms with Crippen molar-refractivity contribution in [2.24, 2.45) is 0 Å². The summed E-state index contributed by atoms with van der Waals surface area (Å²) in [4.78, 5) is 28.4. The Morgan fingerprint density at radius 2 is 1.39 bits per heavy atom. The van der Waals surface area contributed by atoms with Crippen molar-refractivity contribution in [3.63, 3.8) is 0 Å². The summed E-state index contributed by atoms with van der Waals surface area (Å²) in [5, 5.41) is 2.93. The van der Waals surface area contributed by atoms with Crippen molar-refractivity contribution >= 4 is 21.8 Å². The third-order valence-corrected chi connectivity index (χ3v) is 8.60. The van der Waals surface area contributed by atoms with E-state index in [0.29, 0.717) is 18.7 Å². The predicted molar refractivity (Wildman–Crippen MR) is 156 cm³/mol. The zero-order valence-corrected chi connectivity index (χ0v) is 24.4. The molecule has 218 valence electrons. The number of aryl methyl sites for hydroxylation is 1. The lowest BCUT2D eigenvalue weighted by Crippen LogP contribution is -2.47. The first-order valence-corrected chi connectivity index (χ1v) is 15.1. The summed E-state index contributed by atoms with van der Waals surface area (Å²) in [5.74, 6) is 0.992. The van der Waals surface area contributed by atoms with E-state index < -0.39 is 16.1 Å². The Hall–Kier alpha value is -3.89. The molecule has 0 heterocycles. The summed E-state index contributed by atoms with van der Waals surface area (Å²) in [7, 11) is -0.347. The highest BCUT2D eigenvalue weighted by Gasteiger charge is 2.28. The fraction of sp³-hybridized carbons (Fsp3) is 0.355. The van der Waals surface area contributed by atoms with Gasteiger partial charge in [-0.1, -0.05) is 36.4 Å². The highest BCUT2D eigenvalue weighted by molar-refractivity contribution is 7.89. The fourth-order valence-corrected chi connectivity index (χ4v) is 5.61. The van der Waals surface area contributed by atoms with Gasteiger partial charge in [0.05, 0.1) is 19.1 Å². The molecule has 2 amide bonds. The number of amides is 2. The smallest absolute Gasteiger partial charge is 0.242 e. The molecule has 0 bridgehead atoms. The van der Waals surface area contributed by atoms with Gasteiger partial charge in [0.2, 0.25) is 21.8 Å². The van der Waals surface area contributed by atoms with Crippen LogP contribution in [-0.4, -0.2) is 51.4 Å². The lowest BCUT2D eigenvalue weighted by Gasteiger charge is -2.29. The third-order valence-electron chi connectivity index (χ3n) is 7.07. The van der Waals surface area contributed by atoms with Crippen LogP contribution in [0.25, 0.3) is 0 Å². The van der Waals surface area contributed by atoms with Gasteiger partial charge in [-0.05, 0) is 79.3 Å². The topological polar surface area (TPSA) is 114 Å². The van der Waals surface area contributed by atoms with Crippen LogP contribution in [0, 0.1) is 0 Å². The molecule has 1 aliphatic carbocycles. The summed E-state index contributed by atoms with van der Waals surface area (Å²) in [6.45, 7) is 2.30. The number of carbonyl (C=O) groups excluding carboxylic acids is 2. The first-order chi connectivity index (χ1) is 19.7. The van der Waals surface area contributed by atoms with Gasteiger partial charge >= 0.3 is 0 Å². The molecule has 41 heavy (non-hydrogen) atoms. The number of carbonyl (C=O) groups is 2. The van der Waals surface area contributed by atoms with Crippen molar-refractivity contribution < 1.29 is 27.5 Å². The largest absolute Gasteiger partial charge is 0.497 e. The van der Waals surface area contributed by atoms with Gasteiger partial charge in [-0.15, -0.1) is 0 Å². The molecule has 1 fully saturated rings. The maximum absolute atomic E-state index is 13.5. The molecule has 0 aromatic heterocycles. The Balaban J connectivity index is 1.41. The van der Waals surface area contributed by atoms with Crippen LogP contribution in [0.4, 0.5) is 0 Å². The van der Waals surface area contributed by atoms with Gasteiger partial charge in [0.1, 0.15) is 17.5 Å². The minimum absolute atomic E-state index is 0.0318. The first-order valence-electron chi connectivity index (χ1n) is 13.6. The normalized spacial score (nSPS) is 13.7. The number of ether oxygens (including phenoxy) is 2. The average molecular weight is 580 g/mol. The van der Waals surface area contributed by atoms with Crippen molar-refractivity contribution in [3.8, 4) is 11.5 Å². The number of benzene rings is 3. The van der Waals surface area contributed by atoms with Gasteiger partial charge < -0.3 is 19.7 Å². The number of hydrogen-bond donors (Lipinski definition) is 2. The number of nitrogens with zero attached hydrogens (tertiary/aromatic N) is 1. The Labute approximate surface area is 241 Å². The minimum Gasteiger partial charge on any atom is -0.497 e. The van der Waals surface area contributed by atoms with E-state index in [9.17, 15) is 18.0 Å². The minimum atomic E-state index is -3.53. The van der Waals surface area contributed by atoms with Crippen molar-refractivity contribution in [2.45, 2.75) is 62.7 Å². The number of rotatable bonds is 14. The summed E-state index contributed by atoms with van der Waals surface area (Å²) in [6.07, 6.45) is 2.31. The van der Waals surface area contributed by atoms with E-state index in [1.165, 1.54) is 0 Å². The zero-order valence-electron chi connectivity index (χ0n) is 23.6. The standard InChI is InChI=1S/C31H37N3O6S/c1-22(31(36)32-20-24-4-13-27(39-2)14-5-24)34(21-25-6-15-28(40-3)16-7-25)30(35)19-10-23-8-17-29(18-9-23)41(37,38)33-26-11-12-26/h4-9,13-18,22,26,33H,10-12,19-21H2,1-3H3,(H,32,36)/t22-/m1/s1. The molecule has 3 aromatic carbocycles. The summed E-state index contributed by atoms with van der Waals surface area (Å²) in [6, 6.07) is 20.7. The van der Waals surface area contributed by atoms with Gasteiger partial charge in [-0.25, -0.2) is 13.1 Å². The van der Waals surface area contributed by atoms with Crippen LogP contribution in [0.2, 0.25) is 0 Å². The van der Waals surface area contributed by atoms with Crippen LogP contribution >= 0.6 is 0 Å². The van der Waals surface area contributed by atoms with Crippen LogP contribution in [0.15, 0.2) is 77.7 Å². The Kier molecular flexibility index (Phi) is 10.0. The Morgan fingerprint density at radius 3 is 1.93 bits per heavy atom. The van der Waals surface area contributed by atoms with Gasteiger partial charge in [-0.2, -0.15) is 0 Å². The average Bonchev–Trinajstić information content (AvgIpc) is 3.81. The number of hydrogen-bond acceptors (Lipinski definition) is 6. The van der Waals surface area contributed by atoms with Crippen molar-refractivity contribution in [1.29, 1.82) is 0 Å². The molecule has 0 spiro atoms. The molecule has 0 radical (unpaired) electrons. The highest BCUT2D eigenvalue weighted by Crippen LogP contribution is 2.23. The second-order valence-electron chi connectivity index (χ2n) is 10.2. The summed E-state index contributed by atoms with van der Waals surface area (Å²) < 4.78 is 38.0. The lowest BCUT2D eigenvalue weighted by molar-refractivity contribution is -0.140. The van der Waals surface area contributed by atoms with Crippen LogP contribution < -0.4 is 19.5 Å². The predicted octanol–water partition coefficient (Wildman–Crippen LogP) is 3.81. The van der Waals surface area contributed by atoms with Gasteiger partial charge in [-0.3, -0.25) is 9.59 Å². The molecular weight excluding hydrogens is 542 g/mol. The van der Waals surface area contributed by atoms with E-state index in [0.717, 1.165) is 35.3 Å². The van der Waals surface area contributed by atoms with E-state index in [-0.39, 0.29) is 35.7 Å². The Bertz CT molecular complexity index is 1420. The molecular formula is C31H37N3O6S. The van der Waals surface area contributed by atoms with E-state index in [1.54, 1.807) is 50.3 Å². The monoisotopic (exact) mass is 579 g/mol. The zero-order chi connectivity index (χ0) is 29.4. The van der Waals surface area contributed by atoms with Crippen LogP contribution in [0.5, 0.6) is 11.5 Å². The molecule has 0 aliphatic heterocycles. The number of sulfonamides is 1. The summed E-state index contributed by atoms with van der Waals surface area (Å²) >= 11 is 0. The molecule has 4 rings (SSSR count). The molecule has 0 unspecified atom stereocenters. The van der Waals surface area contributed by atoms with Crippen LogP contribution in [0.3, 0.4) is 0 Å². The molecule has 0 saturated heterocycles. The first kappa shape index (κ1) is 30.1. The second kappa shape index (κ2) is 13.6. The van der Waals surface area contributed by atoms with Crippen LogP contribution in [0.1, 0.15) is 42.9 Å². The number of nitrogens with one attached hydrogen (secondary N) is 2. The molecule has 1 saturated carbocycles. The third kappa shape index (κ3) is 8.55. The maximum atomic E-state index is 13.5. The number of methoxy groups -OCH3 is 2. The molecule has 3 aromatic rings. The fourth-order valence-electron chi connectivity index (χ4n) is 4.31. The quantitative estimate of drug-likeness (QED) is 0.300. The molecule has 1 atom stereocenters. The van der Waals surface area contributed by atoms with Gasteiger partial charge in [0, 0.05) is 25.6 Å². The van der Waals surface area contributed by atoms with Gasteiger partial charge in [0.15, 0.2) is 0 Å². The van der Waals surface area contributed by atoms with E-state index in [1.807, 2.05) is 48.5 Å². The van der Waals surface area contributed by atoms with Crippen molar-refractivity contribution in [2.75, 3.05) is 14.2 Å². The highest BCUT2D eigenvalue weighted by atomic mass is 32.2. The molecule has 10 heteroatoms. The van der Waals surface area contributed by atoms with E-state index in [2.05, 4.69) is 10.0 Å². The lowest BCUT2D eigenvalue weighted by atomic mass is 10.1. The molecule has 9 nitrogen and oxygen atoms in total. The second-order valence-corrected chi connectivity index (χ2v) is 11.9. The van der Waals surface area contributed by atoms with Crippen molar-refractivity contribution in [1.82, 2.24) is 14.9 Å².